The number of hydrogen-bond donors (Lipinski definition) is 0. The average Bonchev–Trinajstić information content (AvgIpc) is 3.44. The second-order valence-corrected chi connectivity index (χ2v) is 16.9. The van der Waals surface area contributed by atoms with Gasteiger partial charge in [0.25, 0.3) is 0 Å². The predicted molar refractivity (Wildman–Crippen MR) is 196 cm³/mol. The number of rotatable bonds is 10. The molecule has 1 aromatic heterocycles. The molecule has 4 aliphatic rings. The fourth-order valence-electron chi connectivity index (χ4n) is 11.2. The van der Waals surface area contributed by atoms with Crippen molar-refractivity contribution in [1.29, 1.82) is 0 Å². The van der Waals surface area contributed by atoms with Crippen LogP contribution in [0.2, 0.25) is 0 Å². The van der Waals surface area contributed by atoms with Crippen LogP contribution in [0.25, 0.3) is 22.1 Å². The van der Waals surface area contributed by atoms with Crippen LogP contribution in [0.5, 0.6) is 5.75 Å². The number of esters is 1. The summed E-state index contributed by atoms with van der Waals surface area (Å²) in [6.07, 6.45) is 16.2. The molecular weight excluding hydrogens is 608 g/mol. The molecule has 0 saturated heterocycles. The fraction of sp³-hybridized carbons (Fsp3) is 0.591. The Morgan fingerprint density at radius 3 is 2.55 bits per heavy atom. The van der Waals surface area contributed by atoms with Crippen LogP contribution < -0.4 is 10.4 Å². The van der Waals surface area contributed by atoms with E-state index in [1.165, 1.54) is 63.0 Å². The van der Waals surface area contributed by atoms with Crippen LogP contribution in [-0.4, -0.2) is 18.7 Å². The normalized spacial score (nSPS) is 31.4. The summed E-state index contributed by atoms with van der Waals surface area (Å²) in [5, 5.41) is 0.816. The highest BCUT2D eigenvalue weighted by Crippen LogP contribution is 2.67. The lowest BCUT2D eigenvalue weighted by atomic mass is 9.47. The van der Waals surface area contributed by atoms with Crippen molar-refractivity contribution in [1.82, 2.24) is 0 Å². The number of carbonyl (C=O) groups excluding carboxylic acids is 1. The maximum absolute atomic E-state index is 13.0. The highest BCUT2D eigenvalue weighted by molar-refractivity contribution is 5.93. The Labute approximate surface area is 292 Å². The van der Waals surface area contributed by atoms with E-state index >= 15 is 0 Å². The third-order valence-corrected chi connectivity index (χ3v) is 13.7. The molecule has 3 fully saturated rings. The van der Waals surface area contributed by atoms with E-state index in [0.29, 0.717) is 16.7 Å². The highest BCUT2D eigenvalue weighted by atomic mass is 16.6. The van der Waals surface area contributed by atoms with Gasteiger partial charge in [-0.1, -0.05) is 95.9 Å². The maximum atomic E-state index is 13.0. The van der Waals surface area contributed by atoms with Crippen LogP contribution in [0, 0.1) is 46.3 Å². The van der Waals surface area contributed by atoms with Crippen molar-refractivity contribution in [3.05, 3.63) is 76.7 Å². The summed E-state index contributed by atoms with van der Waals surface area (Å²) < 4.78 is 17.4. The molecule has 0 bridgehead atoms. The minimum Gasteiger partial charge on any atom is -0.482 e. The zero-order valence-electron chi connectivity index (χ0n) is 30.3. The van der Waals surface area contributed by atoms with Gasteiger partial charge in [0, 0.05) is 23.9 Å². The van der Waals surface area contributed by atoms with Crippen molar-refractivity contribution in [2.75, 3.05) is 6.61 Å². The van der Waals surface area contributed by atoms with Crippen molar-refractivity contribution in [3.63, 3.8) is 0 Å². The van der Waals surface area contributed by atoms with Crippen molar-refractivity contribution >= 4 is 16.9 Å². The summed E-state index contributed by atoms with van der Waals surface area (Å²) >= 11 is 0. The lowest BCUT2D eigenvalue weighted by Crippen LogP contribution is -2.51. The van der Waals surface area contributed by atoms with Gasteiger partial charge in [0.15, 0.2) is 6.61 Å². The van der Waals surface area contributed by atoms with Crippen LogP contribution in [-0.2, 0) is 9.53 Å². The fourth-order valence-corrected chi connectivity index (χ4v) is 11.2. The molecule has 0 aliphatic heterocycles. The van der Waals surface area contributed by atoms with Crippen LogP contribution in [0.3, 0.4) is 0 Å². The van der Waals surface area contributed by atoms with E-state index in [9.17, 15) is 9.59 Å². The highest BCUT2D eigenvalue weighted by Gasteiger charge is 2.59. The van der Waals surface area contributed by atoms with E-state index in [1.54, 1.807) is 6.07 Å². The van der Waals surface area contributed by atoms with Gasteiger partial charge >= 0.3 is 11.6 Å². The second kappa shape index (κ2) is 13.8. The van der Waals surface area contributed by atoms with Gasteiger partial charge in [-0.05, 0) is 115 Å². The number of carbonyl (C=O) groups is 1. The summed E-state index contributed by atoms with van der Waals surface area (Å²) in [7, 11) is 0. The first-order valence-electron chi connectivity index (χ1n) is 19.2. The van der Waals surface area contributed by atoms with Crippen LogP contribution in [0.4, 0.5) is 0 Å². The van der Waals surface area contributed by atoms with Crippen molar-refractivity contribution < 1.29 is 18.7 Å². The predicted octanol–water partition coefficient (Wildman–Crippen LogP) is 10.8. The Bertz CT molecular complexity index is 1740. The number of hydrogen-bond acceptors (Lipinski definition) is 5. The van der Waals surface area contributed by atoms with E-state index < -0.39 is 5.63 Å². The summed E-state index contributed by atoms with van der Waals surface area (Å²) in [6.45, 7) is 12.3. The Morgan fingerprint density at radius 2 is 1.76 bits per heavy atom. The van der Waals surface area contributed by atoms with E-state index in [-0.39, 0.29) is 24.1 Å². The van der Waals surface area contributed by atoms with E-state index in [1.807, 2.05) is 42.5 Å². The third kappa shape index (κ3) is 6.64. The van der Waals surface area contributed by atoms with Crippen LogP contribution >= 0.6 is 0 Å². The van der Waals surface area contributed by atoms with Gasteiger partial charge < -0.3 is 13.9 Å². The van der Waals surface area contributed by atoms with Gasteiger partial charge in [0.05, 0.1) is 0 Å². The van der Waals surface area contributed by atoms with Gasteiger partial charge in [0.1, 0.15) is 17.4 Å². The van der Waals surface area contributed by atoms with Crippen molar-refractivity contribution in [2.45, 2.75) is 111 Å². The first-order valence-corrected chi connectivity index (χ1v) is 19.2. The van der Waals surface area contributed by atoms with Gasteiger partial charge in [-0.15, -0.1) is 0 Å². The standard InChI is InChI=1S/C44H56O5/c1-28(2)10-9-11-29(3)37-18-19-38-35-16-14-31-24-33(20-22-43(31,4)39(35)21-23-44(37,38)5)48-42(46)27-47-32-15-17-34-36(30-12-7-6-8-13-30)26-41(45)49-40(34)25-32/h6-8,12-15,17,25-26,28-29,33,35,37-39H,9-11,16,18-24,27H2,1-5H3/t29-,33+,35-,37-,38-,39-,43+,44-/m1/s1. The molecule has 5 nitrogen and oxygen atoms in total. The lowest BCUT2D eigenvalue weighted by molar-refractivity contribution is -0.153. The van der Waals surface area contributed by atoms with Crippen molar-refractivity contribution in [3.8, 4) is 16.9 Å². The smallest absolute Gasteiger partial charge is 0.344 e. The lowest BCUT2D eigenvalue weighted by Gasteiger charge is -2.58. The largest absolute Gasteiger partial charge is 0.482 e. The molecule has 3 saturated carbocycles. The minimum absolute atomic E-state index is 0.105. The molecule has 262 valence electrons. The molecule has 0 amide bonds. The van der Waals surface area contributed by atoms with Gasteiger partial charge in [-0.2, -0.15) is 0 Å². The number of allylic oxidation sites excluding steroid dienone is 1. The zero-order chi connectivity index (χ0) is 34.3. The summed E-state index contributed by atoms with van der Waals surface area (Å²) in [5.74, 6) is 5.02. The SMILES string of the molecule is CC(C)CCC[C@@H](C)[C@H]1CC[C@@H]2[C@H]3CC=C4C[C@@H](OC(=O)COc5ccc6c(-c7ccccc7)cc(=O)oc6c5)CC[C@]4(C)[C@@H]3CC[C@@]21C. The summed E-state index contributed by atoms with van der Waals surface area (Å²) in [5.41, 5.74) is 3.99. The molecule has 0 spiro atoms. The molecule has 1 heterocycles. The third-order valence-electron chi connectivity index (χ3n) is 13.7. The Balaban J connectivity index is 0.959. The first-order chi connectivity index (χ1) is 23.5. The molecular formula is C44H56O5. The number of ether oxygens (including phenoxy) is 2. The molecule has 2 aromatic carbocycles. The zero-order valence-corrected chi connectivity index (χ0v) is 30.3. The molecule has 8 atom stereocenters. The molecule has 0 unspecified atom stereocenters. The number of benzene rings is 2. The van der Waals surface area contributed by atoms with E-state index in [4.69, 9.17) is 13.9 Å². The molecule has 7 rings (SSSR count). The average molecular weight is 665 g/mol. The summed E-state index contributed by atoms with van der Waals surface area (Å²) in [4.78, 5) is 25.4. The van der Waals surface area contributed by atoms with E-state index in [2.05, 4.69) is 40.7 Å². The van der Waals surface area contributed by atoms with Gasteiger partial charge in [-0.3, -0.25) is 0 Å². The van der Waals surface area contributed by atoms with E-state index in [0.717, 1.165) is 71.3 Å². The van der Waals surface area contributed by atoms with Crippen molar-refractivity contribution in [2.24, 2.45) is 46.3 Å². The first kappa shape index (κ1) is 34.1. The number of fused-ring (bicyclic) bond motifs is 6. The molecule has 4 aliphatic carbocycles. The molecule has 0 radical (unpaired) electrons. The topological polar surface area (TPSA) is 65.7 Å². The molecule has 0 N–H and O–H groups in total. The van der Waals surface area contributed by atoms with Gasteiger partial charge in [-0.25, -0.2) is 9.59 Å². The molecule has 5 heteroatoms. The molecule has 3 aromatic rings. The Morgan fingerprint density at radius 1 is 0.939 bits per heavy atom. The monoisotopic (exact) mass is 664 g/mol. The second-order valence-electron chi connectivity index (χ2n) is 16.9. The Hall–Kier alpha value is -3.34. The quantitative estimate of drug-likeness (QED) is 0.123. The Kier molecular flexibility index (Phi) is 9.58. The van der Waals surface area contributed by atoms with Crippen LogP contribution in [0.1, 0.15) is 105 Å². The molecule has 49 heavy (non-hydrogen) atoms. The van der Waals surface area contributed by atoms with Crippen LogP contribution in [0.15, 0.2) is 75.5 Å². The minimum atomic E-state index is -0.424. The van der Waals surface area contributed by atoms with Gasteiger partial charge in [0.2, 0.25) is 0 Å². The summed E-state index contributed by atoms with van der Waals surface area (Å²) in [6, 6.07) is 16.7. The maximum Gasteiger partial charge on any atom is 0.344 e.